The summed E-state index contributed by atoms with van der Waals surface area (Å²) in [7, 11) is 1.85. The Hall–Kier alpha value is -2.48. The number of aryl methyl sites for hydroxylation is 2. The molecule has 0 radical (unpaired) electrons. The van der Waals surface area contributed by atoms with Gasteiger partial charge in [0, 0.05) is 25.3 Å². The van der Waals surface area contributed by atoms with Crippen LogP contribution >= 0.6 is 0 Å². The Morgan fingerprint density at radius 1 is 1.09 bits per heavy atom. The van der Waals surface area contributed by atoms with Crippen LogP contribution in [0.3, 0.4) is 0 Å². The van der Waals surface area contributed by atoms with Gasteiger partial charge < -0.3 is 20.9 Å². The van der Waals surface area contributed by atoms with E-state index in [1.165, 1.54) is 25.0 Å². The molecule has 0 aliphatic heterocycles. The lowest BCUT2D eigenvalue weighted by Gasteiger charge is -2.29. The van der Waals surface area contributed by atoms with E-state index in [4.69, 9.17) is 0 Å². The molecule has 0 heterocycles. The first-order chi connectivity index (χ1) is 16.6. The number of benzene rings is 1. The van der Waals surface area contributed by atoms with Crippen LogP contribution in [0.25, 0.3) is 0 Å². The second-order valence-corrected chi connectivity index (χ2v) is 9.98. The molecular weight excluding hydrogens is 450 g/mol. The predicted octanol–water partition coefficient (Wildman–Crippen LogP) is 3.55. The van der Waals surface area contributed by atoms with Gasteiger partial charge in [-0.1, -0.05) is 33.8 Å². The number of nitrogens with zero attached hydrogens (tertiary/aromatic N) is 1. The van der Waals surface area contributed by atoms with Crippen molar-refractivity contribution in [2.24, 2.45) is 11.8 Å². The Morgan fingerprint density at radius 2 is 1.71 bits per heavy atom. The summed E-state index contributed by atoms with van der Waals surface area (Å²) >= 11 is 0. The number of likely N-dealkylation sites (N-methyl/N-ethyl adjacent to an activating group) is 1. The van der Waals surface area contributed by atoms with Crippen molar-refractivity contribution < 1.29 is 18.4 Å². The molecule has 196 valence electrons. The first-order valence-corrected chi connectivity index (χ1v) is 12.8. The molecule has 1 atom stereocenters. The van der Waals surface area contributed by atoms with Crippen molar-refractivity contribution in [2.75, 3.05) is 33.2 Å². The SMILES string of the molecule is C=C(C(NCC(C)C)C1CC1)N(C)CC(=O)NCC(=O)NCCCc1cc(F)c(F)cc1CCC. The van der Waals surface area contributed by atoms with Crippen LogP contribution in [0, 0.1) is 23.5 Å². The highest BCUT2D eigenvalue weighted by Gasteiger charge is 2.34. The summed E-state index contributed by atoms with van der Waals surface area (Å²) in [6.45, 7) is 11.8. The van der Waals surface area contributed by atoms with Gasteiger partial charge in [0.2, 0.25) is 11.8 Å². The molecular formula is C27H42F2N4O2. The highest BCUT2D eigenvalue weighted by atomic mass is 19.2. The standard InChI is InChI=1S/C27H42F2N4O2/c1-6-8-21-13-23(28)24(29)14-22(21)9-7-12-30-25(34)16-31-26(35)17-33(5)19(4)27(20-10-11-20)32-15-18(2)3/h13-14,18,20,27,32H,4,6-12,15-17H2,1-3,5H3,(H,30,34)(H,31,35). The zero-order chi connectivity index (χ0) is 26.0. The molecule has 1 aliphatic carbocycles. The van der Waals surface area contributed by atoms with Crippen LogP contribution in [-0.2, 0) is 22.4 Å². The Morgan fingerprint density at radius 3 is 2.29 bits per heavy atom. The van der Waals surface area contributed by atoms with Gasteiger partial charge in [-0.3, -0.25) is 9.59 Å². The van der Waals surface area contributed by atoms with Gasteiger partial charge in [-0.25, -0.2) is 8.78 Å². The maximum absolute atomic E-state index is 13.6. The van der Waals surface area contributed by atoms with E-state index in [-0.39, 0.29) is 30.9 Å². The number of halogens is 2. The van der Waals surface area contributed by atoms with Gasteiger partial charge in [0.05, 0.1) is 13.1 Å². The lowest BCUT2D eigenvalue weighted by Crippen LogP contribution is -2.45. The summed E-state index contributed by atoms with van der Waals surface area (Å²) in [5.74, 6) is -1.10. The second-order valence-electron chi connectivity index (χ2n) is 9.98. The Kier molecular flexibility index (Phi) is 11.6. The van der Waals surface area contributed by atoms with E-state index < -0.39 is 11.6 Å². The lowest BCUT2D eigenvalue weighted by molar-refractivity contribution is -0.126. The van der Waals surface area contributed by atoms with Gasteiger partial charge in [0.25, 0.3) is 0 Å². The van der Waals surface area contributed by atoms with Gasteiger partial charge >= 0.3 is 0 Å². The number of amides is 2. The molecule has 2 amide bonds. The number of carbonyl (C=O) groups excluding carboxylic acids is 2. The number of carbonyl (C=O) groups is 2. The van der Waals surface area contributed by atoms with Gasteiger partial charge in [-0.2, -0.15) is 0 Å². The van der Waals surface area contributed by atoms with Gasteiger partial charge in [0.1, 0.15) is 0 Å². The summed E-state index contributed by atoms with van der Waals surface area (Å²) in [5.41, 5.74) is 2.47. The van der Waals surface area contributed by atoms with Crippen LogP contribution in [0.2, 0.25) is 0 Å². The number of hydrogen-bond acceptors (Lipinski definition) is 4. The minimum atomic E-state index is -0.849. The molecule has 1 saturated carbocycles. The van der Waals surface area contributed by atoms with E-state index in [2.05, 4.69) is 36.4 Å². The highest BCUT2D eigenvalue weighted by Crippen LogP contribution is 2.36. The molecule has 1 aromatic rings. The lowest BCUT2D eigenvalue weighted by atomic mass is 9.99. The molecule has 0 bridgehead atoms. The number of hydrogen-bond donors (Lipinski definition) is 3. The molecule has 8 heteroatoms. The van der Waals surface area contributed by atoms with E-state index in [9.17, 15) is 18.4 Å². The fourth-order valence-corrected chi connectivity index (χ4v) is 4.07. The molecule has 6 nitrogen and oxygen atoms in total. The largest absolute Gasteiger partial charge is 0.368 e. The van der Waals surface area contributed by atoms with Crippen LogP contribution in [0.1, 0.15) is 57.6 Å². The van der Waals surface area contributed by atoms with Crippen molar-refractivity contribution in [3.05, 3.63) is 47.2 Å². The predicted molar refractivity (Wildman–Crippen MR) is 136 cm³/mol. The third-order valence-corrected chi connectivity index (χ3v) is 6.22. The minimum absolute atomic E-state index is 0.108. The maximum atomic E-state index is 13.6. The molecule has 2 rings (SSSR count). The van der Waals surface area contributed by atoms with E-state index in [0.717, 1.165) is 29.8 Å². The normalized spacial score (nSPS) is 14.0. The molecule has 1 unspecified atom stereocenters. The molecule has 3 N–H and O–H groups in total. The molecule has 1 aromatic carbocycles. The zero-order valence-corrected chi connectivity index (χ0v) is 21.7. The average molecular weight is 493 g/mol. The zero-order valence-electron chi connectivity index (χ0n) is 21.7. The molecule has 0 aromatic heterocycles. The van der Waals surface area contributed by atoms with Gasteiger partial charge in [-0.05, 0) is 73.7 Å². The first kappa shape index (κ1) is 28.8. The summed E-state index contributed by atoms with van der Waals surface area (Å²) in [6, 6.07) is 2.69. The van der Waals surface area contributed by atoms with Crippen LogP contribution in [0.5, 0.6) is 0 Å². The molecule has 35 heavy (non-hydrogen) atoms. The van der Waals surface area contributed by atoms with Crippen molar-refractivity contribution in [3.8, 4) is 0 Å². The first-order valence-electron chi connectivity index (χ1n) is 12.8. The third-order valence-electron chi connectivity index (χ3n) is 6.22. The van der Waals surface area contributed by atoms with E-state index >= 15 is 0 Å². The van der Waals surface area contributed by atoms with Crippen LogP contribution in [0.4, 0.5) is 8.78 Å². The van der Waals surface area contributed by atoms with Crippen molar-refractivity contribution in [3.63, 3.8) is 0 Å². The minimum Gasteiger partial charge on any atom is -0.368 e. The van der Waals surface area contributed by atoms with Crippen LogP contribution < -0.4 is 16.0 Å². The van der Waals surface area contributed by atoms with Crippen molar-refractivity contribution >= 4 is 11.8 Å². The summed E-state index contributed by atoms with van der Waals surface area (Å²) in [6.07, 6.45) is 5.00. The second kappa shape index (κ2) is 14.2. The fraction of sp³-hybridized carbons (Fsp3) is 0.630. The molecule has 1 fully saturated rings. The Labute approximate surface area is 208 Å². The third kappa shape index (κ3) is 9.96. The smallest absolute Gasteiger partial charge is 0.239 e. The molecule has 0 spiro atoms. The monoisotopic (exact) mass is 492 g/mol. The molecule has 0 saturated heterocycles. The van der Waals surface area contributed by atoms with Crippen LogP contribution in [-0.4, -0.2) is 56.0 Å². The van der Waals surface area contributed by atoms with Crippen molar-refractivity contribution in [2.45, 2.75) is 65.3 Å². The van der Waals surface area contributed by atoms with Gasteiger partial charge in [0.15, 0.2) is 11.6 Å². The van der Waals surface area contributed by atoms with E-state index in [1.807, 2.05) is 18.9 Å². The van der Waals surface area contributed by atoms with Crippen LogP contribution in [0.15, 0.2) is 24.4 Å². The number of rotatable bonds is 16. The Balaban J connectivity index is 1.69. The summed E-state index contributed by atoms with van der Waals surface area (Å²) in [5, 5.41) is 8.99. The Bertz CT molecular complexity index is 871. The van der Waals surface area contributed by atoms with Gasteiger partial charge in [-0.15, -0.1) is 0 Å². The highest BCUT2D eigenvalue weighted by molar-refractivity contribution is 5.85. The van der Waals surface area contributed by atoms with E-state index in [0.29, 0.717) is 37.6 Å². The van der Waals surface area contributed by atoms with Crippen molar-refractivity contribution in [1.29, 1.82) is 0 Å². The number of nitrogens with one attached hydrogen (secondary N) is 3. The average Bonchev–Trinajstić information content (AvgIpc) is 3.63. The molecule has 1 aliphatic rings. The van der Waals surface area contributed by atoms with E-state index in [1.54, 1.807) is 0 Å². The quantitative estimate of drug-likeness (QED) is 0.309. The summed E-state index contributed by atoms with van der Waals surface area (Å²) < 4.78 is 27.1. The maximum Gasteiger partial charge on any atom is 0.239 e. The van der Waals surface area contributed by atoms with Crippen molar-refractivity contribution in [1.82, 2.24) is 20.9 Å². The summed E-state index contributed by atoms with van der Waals surface area (Å²) in [4.78, 5) is 26.3. The topological polar surface area (TPSA) is 73.5 Å². The fourth-order valence-electron chi connectivity index (χ4n) is 4.07.